The summed E-state index contributed by atoms with van der Waals surface area (Å²) in [6.07, 6.45) is 2.64. The molecule has 1 aromatic rings. The average Bonchev–Trinajstić information content (AvgIpc) is 2.18. The van der Waals surface area contributed by atoms with Crippen LogP contribution in [0, 0.1) is 5.82 Å². The number of amides is 1. The van der Waals surface area contributed by atoms with Gasteiger partial charge >= 0.3 is 0 Å². The van der Waals surface area contributed by atoms with Crippen LogP contribution >= 0.6 is 0 Å². The van der Waals surface area contributed by atoms with Crippen molar-refractivity contribution in [1.29, 1.82) is 0 Å². The first-order valence-corrected chi connectivity index (χ1v) is 4.23. The lowest BCUT2D eigenvalue weighted by Gasteiger charge is -2.23. The number of nitrogens with one attached hydrogen (secondary N) is 1. The number of carbonyl (C=O) groups is 1. The van der Waals surface area contributed by atoms with Gasteiger partial charge in [0.2, 0.25) is 5.91 Å². The molecular formula is C9H9FN2O2. The molecule has 0 aromatic carbocycles. The van der Waals surface area contributed by atoms with Crippen LogP contribution in [0.5, 0.6) is 0 Å². The van der Waals surface area contributed by atoms with Crippen molar-refractivity contribution in [1.82, 2.24) is 10.3 Å². The Labute approximate surface area is 80.1 Å². The molecule has 4 nitrogen and oxygen atoms in total. The van der Waals surface area contributed by atoms with Gasteiger partial charge < -0.3 is 10.1 Å². The molecule has 1 saturated heterocycles. The quantitative estimate of drug-likeness (QED) is 0.707. The first-order valence-electron chi connectivity index (χ1n) is 4.23. The number of carbonyl (C=O) groups excluding carboxylic acids is 1. The maximum Gasteiger partial charge on any atom is 0.246 e. The van der Waals surface area contributed by atoms with E-state index in [1.54, 1.807) is 0 Å². The first kappa shape index (κ1) is 9.08. The molecule has 5 heteroatoms. The van der Waals surface area contributed by atoms with Gasteiger partial charge in [-0.15, -0.1) is 0 Å². The van der Waals surface area contributed by atoms with Crippen molar-refractivity contribution in [2.24, 2.45) is 0 Å². The van der Waals surface area contributed by atoms with Gasteiger partial charge in [0.25, 0.3) is 0 Å². The first-order chi connectivity index (χ1) is 6.75. The molecule has 0 radical (unpaired) electrons. The minimum atomic E-state index is -0.415. The van der Waals surface area contributed by atoms with Gasteiger partial charge in [0, 0.05) is 6.20 Å². The van der Waals surface area contributed by atoms with Gasteiger partial charge in [0.1, 0.15) is 12.4 Å². The van der Waals surface area contributed by atoms with Crippen LogP contribution in [0.2, 0.25) is 0 Å². The Bertz CT molecular complexity index is 356. The summed E-state index contributed by atoms with van der Waals surface area (Å²) in [5, 5.41) is 2.69. The van der Waals surface area contributed by atoms with E-state index in [0.29, 0.717) is 12.2 Å². The molecule has 1 fully saturated rings. The standard InChI is InChI=1S/C9H9FN2O2/c10-7-1-6(2-11-3-7)8-4-14-5-9(13)12-8/h1-3,8H,4-5H2,(H,12,13). The lowest BCUT2D eigenvalue weighted by atomic mass is 10.1. The van der Waals surface area contributed by atoms with Gasteiger partial charge in [-0.2, -0.15) is 0 Å². The van der Waals surface area contributed by atoms with E-state index in [4.69, 9.17) is 4.74 Å². The molecular weight excluding hydrogens is 187 g/mol. The molecule has 2 heterocycles. The molecule has 1 aromatic heterocycles. The third-order valence-corrected chi connectivity index (χ3v) is 1.98. The van der Waals surface area contributed by atoms with E-state index in [9.17, 15) is 9.18 Å². The van der Waals surface area contributed by atoms with Crippen molar-refractivity contribution >= 4 is 5.91 Å². The molecule has 1 unspecified atom stereocenters. The van der Waals surface area contributed by atoms with Gasteiger partial charge in [0.05, 0.1) is 18.8 Å². The number of aromatic nitrogens is 1. The molecule has 1 aliphatic heterocycles. The van der Waals surface area contributed by atoms with E-state index in [-0.39, 0.29) is 18.6 Å². The molecule has 74 valence electrons. The molecule has 0 bridgehead atoms. The fraction of sp³-hybridized carbons (Fsp3) is 0.333. The van der Waals surface area contributed by atoms with Crippen molar-refractivity contribution in [2.45, 2.75) is 6.04 Å². The summed E-state index contributed by atoms with van der Waals surface area (Å²) >= 11 is 0. The van der Waals surface area contributed by atoms with E-state index in [1.165, 1.54) is 12.3 Å². The number of pyridine rings is 1. The van der Waals surface area contributed by atoms with Gasteiger partial charge in [-0.25, -0.2) is 4.39 Å². The normalized spacial score (nSPS) is 21.8. The number of halogens is 1. The number of ether oxygens (including phenoxy) is 1. The molecule has 0 saturated carbocycles. The highest BCUT2D eigenvalue weighted by atomic mass is 19.1. The summed E-state index contributed by atoms with van der Waals surface area (Å²) in [6, 6.07) is 1.05. The maximum absolute atomic E-state index is 12.8. The molecule has 0 spiro atoms. The van der Waals surface area contributed by atoms with Gasteiger partial charge in [-0.1, -0.05) is 0 Å². The average molecular weight is 196 g/mol. The van der Waals surface area contributed by atoms with Crippen molar-refractivity contribution in [3.05, 3.63) is 29.8 Å². The minimum absolute atomic E-state index is 0.0687. The molecule has 1 atom stereocenters. The SMILES string of the molecule is O=C1COCC(c2cncc(F)c2)N1. The predicted molar refractivity (Wildman–Crippen MR) is 45.9 cm³/mol. The number of morpholine rings is 1. The topological polar surface area (TPSA) is 51.2 Å². The molecule has 14 heavy (non-hydrogen) atoms. The molecule has 1 N–H and O–H groups in total. The van der Waals surface area contributed by atoms with Crippen molar-refractivity contribution in [3.8, 4) is 0 Å². The maximum atomic E-state index is 12.8. The summed E-state index contributed by atoms with van der Waals surface area (Å²) in [4.78, 5) is 14.7. The van der Waals surface area contributed by atoms with Crippen molar-refractivity contribution in [2.75, 3.05) is 13.2 Å². The summed E-state index contributed by atoms with van der Waals surface area (Å²) in [7, 11) is 0. The fourth-order valence-corrected chi connectivity index (χ4v) is 1.35. The van der Waals surface area contributed by atoms with Crippen LogP contribution < -0.4 is 5.32 Å². The van der Waals surface area contributed by atoms with E-state index >= 15 is 0 Å². The minimum Gasteiger partial charge on any atom is -0.369 e. The Morgan fingerprint density at radius 1 is 1.57 bits per heavy atom. The molecule has 1 amide bonds. The highest BCUT2D eigenvalue weighted by molar-refractivity contribution is 5.78. The zero-order chi connectivity index (χ0) is 9.97. The smallest absolute Gasteiger partial charge is 0.246 e. The van der Waals surface area contributed by atoms with Crippen LogP contribution in [0.25, 0.3) is 0 Å². The van der Waals surface area contributed by atoms with Crippen LogP contribution in [0.3, 0.4) is 0 Å². The van der Waals surface area contributed by atoms with Crippen LogP contribution in [-0.4, -0.2) is 24.1 Å². The number of hydrogen-bond donors (Lipinski definition) is 1. The Morgan fingerprint density at radius 3 is 3.14 bits per heavy atom. The second-order valence-corrected chi connectivity index (χ2v) is 3.07. The molecule has 1 aliphatic rings. The van der Waals surface area contributed by atoms with Crippen LogP contribution in [-0.2, 0) is 9.53 Å². The van der Waals surface area contributed by atoms with E-state index in [2.05, 4.69) is 10.3 Å². The zero-order valence-corrected chi connectivity index (χ0v) is 7.37. The van der Waals surface area contributed by atoms with Crippen molar-refractivity contribution in [3.63, 3.8) is 0 Å². The highest BCUT2D eigenvalue weighted by Crippen LogP contribution is 2.15. The second-order valence-electron chi connectivity index (χ2n) is 3.07. The third-order valence-electron chi connectivity index (χ3n) is 1.98. The van der Waals surface area contributed by atoms with E-state index < -0.39 is 5.82 Å². The number of nitrogens with zero attached hydrogens (tertiary/aromatic N) is 1. The molecule has 2 rings (SSSR count). The number of rotatable bonds is 1. The van der Waals surface area contributed by atoms with Crippen LogP contribution in [0.4, 0.5) is 4.39 Å². The van der Waals surface area contributed by atoms with Gasteiger partial charge in [-0.3, -0.25) is 9.78 Å². The van der Waals surface area contributed by atoms with Gasteiger partial charge in [0.15, 0.2) is 0 Å². The summed E-state index contributed by atoms with van der Waals surface area (Å²) in [5.74, 6) is -0.604. The van der Waals surface area contributed by atoms with Crippen LogP contribution in [0.1, 0.15) is 11.6 Å². The monoisotopic (exact) mass is 196 g/mol. The largest absolute Gasteiger partial charge is 0.369 e. The zero-order valence-electron chi connectivity index (χ0n) is 7.37. The summed E-state index contributed by atoms with van der Waals surface area (Å²) in [5.41, 5.74) is 0.623. The predicted octanol–water partition coefficient (Wildman–Crippen LogP) is 0.408. The van der Waals surface area contributed by atoms with Crippen molar-refractivity contribution < 1.29 is 13.9 Å². The second kappa shape index (κ2) is 3.71. The summed E-state index contributed by atoms with van der Waals surface area (Å²) < 4.78 is 17.8. The number of hydrogen-bond acceptors (Lipinski definition) is 3. The van der Waals surface area contributed by atoms with E-state index in [0.717, 1.165) is 6.20 Å². The highest BCUT2D eigenvalue weighted by Gasteiger charge is 2.20. The Kier molecular flexibility index (Phi) is 2.41. The summed E-state index contributed by atoms with van der Waals surface area (Å²) in [6.45, 7) is 0.427. The van der Waals surface area contributed by atoms with E-state index in [1.807, 2.05) is 0 Å². The Balaban J connectivity index is 2.17. The Morgan fingerprint density at radius 2 is 2.43 bits per heavy atom. The molecule has 0 aliphatic carbocycles. The Hall–Kier alpha value is -1.49. The lowest BCUT2D eigenvalue weighted by Crippen LogP contribution is -2.39. The van der Waals surface area contributed by atoms with Gasteiger partial charge in [-0.05, 0) is 11.6 Å². The lowest BCUT2D eigenvalue weighted by molar-refractivity contribution is -0.131. The van der Waals surface area contributed by atoms with Crippen LogP contribution in [0.15, 0.2) is 18.5 Å². The third kappa shape index (κ3) is 1.88. The fourth-order valence-electron chi connectivity index (χ4n) is 1.35.